The minimum atomic E-state index is -4.43. The maximum absolute atomic E-state index is 12.9. The normalized spacial score (nSPS) is 11.1. The molecule has 0 saturated heterocycles. The van der Waals surface area contributed by atoms with Crippen molar-refractivity contribution in [3.05, 3.63) is 65.5 Å². The Labute approximate surface area is 129 Å². The van der Waals surface area contributed by atoms with Gasteiger partial charge in [-0.1, -0.05) is 18.2 Å². The Hall–Kier alpha value is -2.57. The molecule has 0 heterocycles. The second-order valence-corrected chi connectivity index (χ2v) is 4.72. The van der Waals surface area contributed by atoms with Crippen molar-refractivity contribution in [3.63, 3.8) is 0 Å². The van der Waals surface area contributed by atoms with Gasteiger partial charge in [0.25, 0.3) is 5.91 Å². The number of halogens is 4. The number of rotatable bonds is 5. The van der Waals surface area contributed by atoms with E-state index < -0.39 is 23.5 Å². The first-order chi connectivity index (χ1) is 10.8. The lowest BCUT2D eigenvalue weighted by molar-refractivity contribution is -0.137. The summed E-state index contributed by atoms with van der Waals surface area (Å²) >= 11 is 0. The number of amides is 1. The van der Waals surface area contributed by atoms with Crippen molar-refractivity contribution in [2.75, 3.05) is 6.61 Å². The van der Waals surface area contributed by atoms with Gasteiger partial charge in [0.05, 0.1) is 5.56 Å². The molecule has 0 bridgehead atoms. The van der Waals surface area contributed by atoms with E-state index in [1.165, 1.54) is 30.3 Å². The molecule has 2 aromatic rings. The fraction of sp³-hybridized carbons (Fsp3) is 0.188. The SMILES string of the molecule is O=C(COc1cccc(F)c1)NCc1cccc(C(F)(F)F)c1. The molecule has 7 heteroatoms. The van der Waals surface area contributed by atoms with Crippen LogP contribution in [0.5, 0.6) is 5.75 Å². The number of nitrogens with one attached hydrogen (secondary N) is 1. The van der Waals surface area contributed by atoms with Crippen LogP contribution < -0.4 is 10.1 Å². The minimum absolute atomic E-state index is 0.0603. The van der Waals surface area contributed by atoms with Gasteiger partial charge in [0.1, 0.15) is 11.6 Å². The lowest BCUT2D eigenvalue weighted by Crippen LogP contribution is -2.28. The van der Waals surface area contributed by atoms with Gasteiger partial charge in [-0.2, -0.15) is 13.2 Å². The van der Waals surface area contributed by atoms with E-state index >= 15 is 0 Å². The molecule has 0 aliphatic carbocycles. The number of carbonyl (C=O) groups is 1. The second kappa shape index (κ2) is 7.13. The van der Waals surface area contributed by atoms with E-state index in [2.05, 4.69) is 5.32 Å². The maximum atomic E-state index is 12.9. The van der Waals surface area contributed by atoms with Crippen molar-refractivity contribution >= 4 is 5.91 Å². The van der Waals surface area contributed by atoms with E-state index in [1.54, 1.807) is 0 Å². The zero-order valence-corrected chi connectivity index (χ0v) is 11.9. The molecule has 1 N–H and O–H groups in total. The monoisotopic (exact) mass is 327 g/mol. The Kier molecular flexibility index (Phi) is 5.20. The van der Waals surface area contributed by atoms with E-state index in [-0.39, 0.29) is 18.9 Å². The third kappa shape index (κ3) is 5.28. The summed E-state index contributed by atoms with van der Waals surface area (Å²) in [6, 6.07) is 9.96. The molecule has 3 nitrogen and oxygen atoms in total. The van der Waals surface area contributed by atoms with Crippen molar-refractivity contribution < 1.29 is 27.1 Å². The van der Waals surface area contributed by atoms with Crippen LogP contribution in [0.1, 0.15) is 11.1 Å². The van der Waals surface area contributed by atoms with Crippen LogP contribution in [0.25, 0.3) is 0 Å². The van der Waals surface area contributed by atoms with Crippen molar-refractivity contribution in [2.45, 2.75) is 12.7 Å². The van der Waals surface area contributed by atoms with Gasteiger partial charge >= 0.3 is 6.18 Å². The Balaban J connectivity index is 1.85. The summed E-state index contributed by atoms with van der Waals surface area (Å²) in [5.41, 5.74) is -0.459. The molecular formula is C16H13F4NO2. The first-order valence-corrected chi connectivity index (χ1v) is 6.66. The van der Waals surface area contributed by atoms with E-state index in [0.29, 0.717) is 5.56 Å². The zero-order valence-electron chi connectivity index (χ0n) is 11.9. The molecule has 0 atom stereocenters. The van der Waals surface area contributed by atoms with Crippen molar-refractivity contribution in [1.29, 1.82) is 0 Å². The Morgan fingerprint density at radius 3 is 2.52 bits per heavy atom. The summed E-state index contributed by atoms with van der Waals surface area (Å²) in [5, 5.41) is 2.44. The average molecular weight is 327 g/mol. The number of carbonyl (C=O) groups excluding carboxylic acids is 1. The van der Waals surface area contributed by atoms with Crippen molar-refractivity contribution in [3.8, 4) is 5.75 Å². The van der Waals surface area contributed by atoms with Gasteiger partial charge in [-0.3, -0.25) is 4.79 Å². The van der Waals surface area contributed by atoms with E-state index in [0.717, 1.165) is 18.2 Å². The second-order valence-electron chi connectivity index (χ2n) is 4.72. The van der Waals surface area contributed by atoms with E-state index in [4.69, 9.17) is 4.74 Å². The van der Waals surface area contributed by atoms with Crippen LogP contribution in [0.15, 0.2) is 48.5 Å². The average Bonchev–Trinajstić information content (AvgIpc) is 2.50. The van der Waals surface area contributed by atoms with E-state index in [1.807, 2.05) is 0 Å². The molecule has 0 saturated carbocycles. The third-order valence-corrected chi connectivity index (χ3v) is 2.91. The minimum Gasteiger partial charge on any atom is -0.484 e. The summed E-state index contributed by atoms with van der Waals surface area (Å²) in [6.45, 7) is -0.419. The summed E-state index contributed by atoms with van der Waals surface area (Å²) in [5.74, 6) is -0.822. The molecule has 0 aliphatic heterocycles. The van der Waals surface area contributed by atoms with Gasteiger partial charge in [-0.25, -0.2) is 4.39 Å². The molecule has 1 amide bonds. The van der Waals surface area contributed by atoms with Crippen molar-refractivity contribution in [2.24, 2.45) is 0 Å². The number of benzene rings is 2. The Bertz CT molecular complexity index is 686. The van der Waals surface area contributed by atoms with Gasteiger partial charge in [0, 0.05) is 12.6 Å². The van der Waals surface area contributed by atoms with Crippen LogP contribution >= 0.6 is 0 Å². The highest BCUT2D eigenvalue weighted by molar-refractivity contribution is 5.77. The summed E-state index contributed by atoms with van der Waals surface area (Å²) in [4.78, 5) is 11.6. The molecule has 2 rings (SSSR count). The van der Waals surface area contributed by atoms with Crippen LogP contribution in [0.2, 0.25) is 0 Å². The van der Waals surface area contributed by atoms with Crippen LogP contribution in [0.4, 0.5) is 17.6 Å². The molecule has 0 aromatic heterocycles. The van der Waals surface area contributed by atoms with Crippen molar-refractivity contribution in [1.82, 2.24) is 5.32 Å². The van der Waals surface area contributed by atoms with E-state index in [9.17, 15) is 22.4 Å². The van der Waals surface area contributed by atoms with Gasteiger partial charge in [-0.15, -0.1) is 0 Å². The highest BCUT2D eigenvalue weighted by Crippen LogP contribution is 2.29. The first-order valence-electron chi connectivity index (χ1n) is 6.66. The molecule has 0 unspecified atom stereocenters. The molecule has 0 fully saturated rings. The molecule has 0 spiro atoms. The van der Waals surface area contributed by atoms with Crippen LogP contribution in [-0.4, -0.2) is 12.5 Å². The molecular weight excluding hydrogens is 314 g/mol. The first kappa shape index (κ1) is 16.8. The molecule has 23 heavy (non-hydrogen) atoms. The summed E-state index contributed by atoms with van der Waals surface area (Å²) < 4.78 is 55.7. The largest absolute Gasteiger partial charge is 0.484 e. The van der Waals surface area contributed by atoms with Crippen LogP contribution in [0.3, 0.4) is 0 Å². The number of alkyl halides is 3. The zero-order chi connectivity index (χ0) is 16.9. The number of hydrogen-bond acceptors (Lipinski definition) is 2. The highest BCUT2D eigenvalue weighted by atomic mass is 19.4. The Morgan fingerprint density at radius 2 is 1.83 bits per heavy atom. The van der Waals surface area contributed by atoms with Gasteiger partial charge in [0.15, 0.2) is 6.61 Å². The fourth-order valence-corrected chi connectivity index (χ4v) is 1.81. The predicted molar refractivity (Wildman–Crippen MR) is 75.2 cm³/mol. The lowest BCUT2D eigenvalue weighted by atomic mass is 10.1. The van der Waals surface area contributed by atoms with Gasteiger partial charge in [0.2, 0.25) is 0 Å². The standard InChI is InChI=1S/C16H13F4NO2/c17-13-5-2-6-14(8-13)23-10-15(22)21-9-11-3-1-4-12(7-11)16(18,19)20/h1-8H,9-10H2,(H,21,22). The van der Waals surface area contributed by atoms with Gasteiger partial charge < -0.3 is 10.1 Å². The molecule has 0 aliphatic rings. The third-order valence-electron chi connectivity index (χ3n) is 2.91. The number of hydrogen-bond donors (Lipinski definition) is 1. The molecule has 122 valence electrons. The quantitative estimate of drug-likeness (QED) is 0.853. The highest BCUT2D eigenvalue weighted by Gasteiger charge is 2.30. The topological polar surface area (TPSA) is 38.3 Å². The van der Waals surface area contributed by atoms with Crippen LogP contribution in [-0.2, 0) is 17.5 Å². The number of ether oxygens (including phenoxy) is 1. The van der Waals surface area contributed by atoms with Crippen LogP contribution in [0, 0.1) is 5.82 Å². The van der Waals surface area contributed by atoms with Gasteiger partial charge in [-0.05, 0) is 29.8 Å². The fourth-order valence-electron chi connectivity index (χ4n) is 1.81. The summed E-state index contributed by atoms with van der Waals surface area (Å²) in [6.07, 6.45) is -4.43. The maximum Gasteiger partial charge on any atom is 0.416 e. The molecule has 0 radical (unpaired) electrons. The summed E-state index contributed by atoms with van der Waals surface area (Å²) in [7, 11) is 0. The Morgan fingerprint density at radius 1 is 1.09 bits per heavy atom. The smallest absolute Gasteiger partial charge is 0.416 e. The lowest BCUT2D eigenvalue weighted by Gasteiger charge is -2.10. The predicted octanol–water partition coefficient (Wildman–Crippen LogP) is 3.54. The molecule has 2 aromatic carbocycles.